The Morgan fingerprint density at radius 1 is 1.15 bits per heavy atom. The summed E-state index contributed by atoms with van der Waals surface area (Å²) >= 11 is 12.7. The molecule has 3 N–H and O–H groups in total. The number of nitrogens with one attached hydrogen (secondary N) is 2. The molecule has 176 valence electrons. The maximum absolute atomic E-state index is 12.8. The van der Waals surface area contributed by atoms with Gasteiger partial charge in [0.15, 0.2) is 5.75 Å². The van der Waals surface area contributed by atoms with Gasteiger partial charge in [0.2, 0.25) is 0 Å². The minimum absolute atomic E-state index is 0.0724. The van der Waals surface area contributed by atoms with Gasteiger partial charge < -0.3 is 15.2 Å². The van der Waals surface area contributed by atoms with Gasteiger partial charge in [-0.3, -0.25) is 14.6 Å². The SMILES string of the molecule is O=C(NC1CCC2CC1C2)c1cc(Oc2c(Cl)cc(-n3ncc(=O)[nH]c3=O)cc2Cl)ccc1O. The monoisotopic (exact) mass is 502 g/mol. The summed E-state index contributed by atoms with van der Waals surface area (Å²) in [7, 11) is 0. The largest absolute Gasteiger partial charge is 0.507 e. The molecule has 3 aromatic rings. The van der Waals surface area contributed by atoms with Crippen molar-refractivity contribution in [1.29, 1.82) is 0 Å². The molecule has 1 atom stereocenters. The number of hydrogen-bond acceptors (Lipinski definition) is 6. The number of phenols is 1. The summed E-state index contributed by atoms with van der Waals surface area (Å²) in [5.74, 6) is 1.10. The number of halogens is 2. The van der Waals surface area contributed by atoms with Crippen molar-refractivity contribution in [2.45, 2.75) is 31.7 Å². The molecule has 0 spiro atoms. The molecule has 1 unspecified atom stereocenters. The fourth-order valence-corrected chi connectivity index (χ4v) is 5.17. The van der Waals surface area contributed by atoms with E-state index in [0.717, 1.165) is 42.5 Å². The number of phenolic OH excluding ortho intramolecular Hbond substituents is 1. The van der Waals surface area contributed by atoms with Crippen molar-refractivity contribution >= 4 is 29.1 Å². The fourth-order valence-electron chi connectivity index (χ4n) is 4.62. The lowest BCUT2D eigenvalue weighted by atomic mass is 9.63. The standard InChI is InChI=1S/C23H20Cl2N4O5/c24-16-7-13(29-23(33)28-20(31)10-26-29)8-17(25)21(16)34-14-2-4-19(30)15(9-14)22(32)27-18-3-1-11-5-12(18)6-11/h2,4,7-12,18,30H,1,3,5-6H2,(H,27,32)(H,28,31,33). The van der Waals surface area contributed by atoms with Crippen molar-refractivity contribution in [2.75, 3.05) is 0 Å². The third-order valence-corrected chi connectivity index (χ3v) is 6.98. The van der Waals surface area contributed by atoms with Gasteiger partial charge in [0.25, 0.3) is 11.5 Å². The second-order valence-corrected chi connectivity index (χ2v) is 9.44. The highest BCUT2D eigenvalue weighted by molar-refractivity contribution is 6.37. The summed E-state index contributed by atoms with van der Waals surface area (Å²) in [5.41, 5.74) is -1.07. The number of aromatic hydroxyl groups is 1. The molecule has 3 aliphatic rings. The van der Waals surface area contributed by atoms with Crippen LogP contribution in [0.5, 0.6) is 17.2 Å². The van der Waals surface area contributed by atoms with Crippen LogP contribution in [-0.2, 0) is 0 Å². The number of carbonyl (C=O) groups excluding carboxylic acids is 1. The zero-order valence-corrected chi connectivity index (χ0v) is 19.3. The minimum atomic E-state index is -0.752. The normalized spacial score (nSPS) is 20.9. The van der Waals surface area contributed by atoms with Crippen LogP contribution in [0.25, 0.3) is 5.69 Å². The Hall–Kier alpha value is -3.30. The molecule has 2 bridgehead atoms. The number of amides is 1. The first-order chi connectivity index (χ1) is 16.3. The summed E-state index contributed by atoms with van der Waals surface area (Å²) in [5, 5.41) is 17.2. The van der Waals surface area contributed by atoms with Crippen molar-refractivity contribution in [3.63, 3.8) is 0 Å². The number of rotatable bonds is 5. The van der Waals surface area contributed by atoms with Gasteiger partial charge in [0.05, 0.1) is 21.3 Å². The van der Waals surface area contributed by atoms with Crippen LogP contribution in [0.1, 0.15) is 36.0 Å². The van der Waals surface area contributed by atoms with Crippen LogP contribution in [0.2, 0.25) is 10.0 Å². The van der Waals surface area contributed by atoms with Gasteiger partial charge in [-0.05, 0) is 67.9 Å². The lowest BCUT2D eigenvalue weighted by Gasteiger charge is -2.46. The Balaban J connectivity index is 1.38. The molecule has 1 amide bonds. The van der Waals surface area contributed by atoms with Gasteiger partial charge in [0, 0.05) is 6.04 Å². The van der Waals surface area contributed by atoms with E-state index < -0.39 is 11.2 Å². The molecule has 0 saturated heterocycles. The average molecular weight is 503 g/mol. The molecular weight excluding hydrogens is 483 g/mol. The Morgan fingerprint density at radius 3 is 2.53 bits per heavy atom. The van der Waals surface area contributed by atoms with Gasteiger partial charge >= 0.3 is 5.69 Å². The zero-order valence-electron chi connectivity index (χ0n) is 17.8. The number of hydrogen-bond donors (Lipinski definition) is 3. The number of ether oxygens (including phenoxy) is 1. The second kappa shape index (κ2) is 8.81. The van der Waals surface area contributed by atoms with Gasteiger partial charge in [-0.2, -0.15) is 9.78 Å². The number of benzene rings is 2. The van der Waals surface area contributed by atoms with Crippen LogP contribution in [0.15, 0.2) is 46.1 Å². The first-order valence-corrected chi connectivity index (χ1v) is 11.5. The molecule has 3 saturated carbocycles. The van der Waals surface area contributed by atoms with E-state index in [1.807, 2.05) is 0 Å². The lowest BCUT2D eigenvalue weighted by molar-refractivity contribution is 0.0616. The van der Waals surface area contributed by atoms with Gasteiger partial charge in [-0.25, -0.2) is 4.79 Å². The third-order valence-electron chi connectivity index (χ3n) is 6.42. The molecule has 34 heavy (non-hydrogen) atoms. The number of fused-ring (bicyclic) bond motifs is 2. The molecule has 0 aliphatic heterocycles. The third kappa shape index (κ3) is 4.28. The Bertz CT molecular complexity index is 1370. The molecule has 1 aromatic heterocycles. The van der Waals surface area contributed by atoms with Crippen molar-refractivity contribution in [3.05, 3.63) is 73.0 Å². The molecule has 9 nitrogen and oxygen atoms in total. The van der Waals surface area contributed by atoms with E-state index in [9.17, 15) is 19.5 Å². The highest BCUT2D eigenvalue weighted by atomic mass is 35.5. The Morgan fingerprint density at radius 2 is 1.88 bits per heavy atom. The van der Waals surface area contributed by atoms with E-state index in [4.69, 9.17) is 27.9 Å². The topological polar surface area (TPSA) is 126 Å². The lowest BCUT2D eigenvalue weighted by Crippen LogP contribution is -2.49. The van der Waals surface area contributed by atoms with E-state index in [0.29, 0.717) is 5.92 Å². The van der Waals surface area contributed by atoms with Gasteiger partial charge in [-0.1, -0.05) is 23.2 Å². The van der Waals surface area contributed by atoms with E-state index in [-0.39, 0.29) is 50.5 Å². The highest BCUT2D eigenvalue weighted by Crippen LogP contribution is 2.45. The van der Waals surface area contributed by atoms with Gasteiger partial charge in [0.1, 0.15) is 17.7 Å². The molecule has 3 fully saturated rings. The molecular formula is C23H20Cl2N4O5. The Labute approximate surface area is 203 Å². The maximum atomic E-state index is 12.8. The molecule has 11 heteroatoms. The molecule has 0 radical (unpaired) electrons. The van der Waals surface area contributed by atoms with E-state index >= 15 is 0 Å². The molecule has 1 heterocycles. The predicted octanol–water partition coefficient (Wildman–Crippen LogP) is 3.64. The number of aromatic nitrogens is 3. The summed E-state index contributed by atoms with van der Waals surface area (Å²) in [6.07, 6.45) is 5.31. The predicted molar refractivity (Wildman–Crippen MR) is 125 cm³/mol. The smallest absolute Gasteiger partial charge is 0.349 e. The van der Waals surface area contributed by atoms with Crippen LogP contribution in [0, 0.1) is 11.8 Å². The van der Waals surface area contributed by atoms with Crippen molar-refractivity contribution in [2.24, 2.45) is 11.8 Å². The number of H-pyrrole nitrogens is 1. The van der Waals surface area contributed by atoms with Gasteiger partial charge in [-0.15, -0.1) is 0 Å². The van der Waals surface area contributed by atoms with E-state index in [1.165, 1.54) is 30.3 Å². The minimum Gasteiger partial charge on any atom is -0.507 e. The summed E-state index contributed by atoms with van der Waals surface area (Å²) in [4.78, 5) is 38.2. The summed E-state index contributed by atoms with van der Waals surface area (Å²) in [6.45, 7) is 0. The number of aromatic amines is 1. The quantitative estimate of drug-likeness (QED) is 0.488. The Kier molecular flexibility index (Phi) is 5.83. The van der Waals surface area contributed by atoms with E-state index in [1.54, 1.807) is 0 Å². The van der Waals surface area contributed by atoms with Crippen LogP contribution in [0.3, 0.4) is 0 Å². The number of carbonyl (C=O) groups is 1. The molecule has 3 aliphatic carbocycles. The summed E-state index contributed by atoms with van der Waals surface area (Å²) in [6, 6.07) is 7.19. The maximum Gasteiger partial charge on any atom is 0.349 e. The first kappa shape index (κ1) is 22.5. The van der Waals surface area contributed by atoms with Crippen LogP contribution in [0.4, 0.5) is 0 Å². The van der Waals surface area contributed by atoms with Crippen LogP contribution in [-0.4, -0.2) is 31.8 Å². The number of nitrogens with zero attached hydrogens (tertiary/aromatic N) is 2. The van der Waals surface area contributed by atoms with Crippen LogP contribution >= 0.6 is 23.2 Å². The highest BCUT2D eigenvalue weighted by Gasteiger charge is 2.40. The average Bonchev–Trinajstić information content (AvgIpc) is 2.76. The molecule has 2 aromatic carbocycles. The van der Waals surface area contributed by atoms with Crippen LogP contribution < -0.4 is 21.3 Å². The second-order valence-electron chi connectivity index (χ2n) is 8.63. The summed E-state index contributed by atoms with van der Waals surface area (Å²) < 4.78 is 6.76. The molecule has 6 rings (SSSR count). The van der Waals surface area contributed by atoms with Crippen molar-refractivity contribution in [3.8, 4) is 22.9 Å². The van der Waals surface area contributed by atoms with Crippen molar-refractivity contribution in [1.82, 2.24) is 20.1 Å². The zero-order chi connectivity index (χ0) is 24.0. The first-order valence-electron chi connectivity index (χ1n) is 10.8. The van der Waals surface area contributed by atoms with E-state index in [2.05, 4.69) is 15.4 Å². The fraction of sp³-hybridized carbons (Fsp3) is 0.304. The van der Waals surface area contributed by atoms with Crippen molar-refractivity contribution < 1.29 is 14.6 Å².